The van der Waals surface area contributed by atoms with E-state index in [9.17, 15) is 0 Å². The van der Waals surface area contributed by atoms with Gasteiger partial charge in [-0.05, 0) is 13.0 Å². The molecule has 0 radical (unpaired) electrons. The summed E-state index contributed by atoms with van der Waals surface area (Å²) in [5.74, 6) is 1.52. The van der Waals surface area contributed by atoms with Gasteiger partial charge >= 0.3 is 0 Å². The highest BCUT2D eigenvalue weighted by atomic mass is 15.2. The van der Waals surface area contributed by atoms with Crippen LogP contribution in [0.1, 0.15) is 6.92 Å². The van der Waals surface area contributed by atoms with Gasteiger partial charge in [-0.15, -0.1) is 0 Å². The maximum Gasteiger partial charge on any atom is 0.179 e. The van der Waals surface area contributed by atoms with Crippen molar-refractivity contribution < 1.29 is 0 Å². The zero-order valence-electron chi connectivity index (χ0n) is 10.8. The topological polar surface area (TPSA) is 66.8 Å². The molecule has 98 valence electrons. The van der Waals surface area contributed by atoms with Crippen LogP contribution in [0.15, 0.2) is 30.9 Å². The van der Waals surface area contributed by atoms with Crippen LogP contribution >= 0.6 is 0 Å². The van der Waals surface area contributed by atoms with Crippen LogP contribution in [0.5, 0.6) is 0 Å². The molecule has 6 heteroatoms. The standard InChI is InChI=1S/C13H16N6/c1-10-9-19(6-5-14-10)12-8-17-11(7-18-12)13-15-3-2-4-16-13/h2-4,7-8,10,14H,5-6,9H2,1H3/t10-/m1/s1. The van der Waals surface area contributed by atoms with E-state index in [0.29, 0.717) is 17.6 Å². The molecule has 1 fully saturated rings. The average molecular weight is 256 g/mol. The molecule has 3 heterocycles. The Bertz CT molecular complexity index is 527. The number of nitrogens with one attached hydrogen (secondary N) is 1. The summed E-state index contributed by atoms with van der Waals surface area (Å²) in [6, 6.07) is 2.26. The number of aromatic nitrogens is 4. The lowest BCUT2D eigenvalue weighted by Crippen LogP contribution is -2.49. The van der Waals surface area contributed by atoms with E-state index in [4.69, 9.17) is 0 Å². The Morgan fingerprint density at radius 3 is 2.68 bits per heavy atom. The molecule has 0 saturated carbocycles. The summed E-state index contributed by atoms with van der Waals surface area (Å²) in [5, 5.41) is 3.41. The smallest absolute Gasteiger partial charge is 0.179 e. The van der Waals surface area contributed by atoms with Crippen LogP contribution in [0.4, 0.5) is 5.82 Å². The molecular weight excluding hydrogens is 240 g/mol. The number of hydrogen-bond acceptors (Lipinski definition) is 6. The van der Waals surface area contributed by atoms with Crippen molar-refractivity contribution in [1.29, 1.82) is 0 Å². The van der Waals surface area contributed by atoms with E-state index < -0.39 is 0 Å². The monoisotopic (exact) mass is 256 g/mol. The molecular formula is C13H16N6. The minimum Gasteiger partial charge on any atom is -0.353 e. The quantitative estimate of drug-likeness (QED) is 0.854. The maximum atomic E-state index is 4.47. The van der Waals surface area contributed by atoms with Gasteiger partial charge in [0.15, 0.2) is 5.82 Å². The van der Waals surface area contributed by atoms with Crippen LogP contribution in [0.2, 0.25) is 0 Å². The summed E-state index contributed by atoms with van der Waals surface area (Å²) >= 11 is 0. The minimum atomic E-state index is 0.479. The van der Waals surface area contributed by atoms with Crippen molar-refractivity contribution in [3.05, 3.63) is 30.9 Å². The first kappa shape index (κ1) is 12.0. The van der Waals surface area contributed by atoms with Crippen LogP contribution in [-0.4, -0.2) is 45.6 Å². The van der Waals surface area contributed by atoms with Gasteiger partial charge in [0.2, 0.25) is 0 Å². The molecule has 3 rings (SSSR count). The average Bonchev–Trinajstić information content (AvgIpc) is 2.48. The lowest BCUT2D eigenvalue weighted by atomic mass is 10.2. The molecule has 2 aromatic rings. The third-order valence-electron chi connectivity index (χ3n) is 3.13. The predicted octanol–water partition coefficient (Wildman–Crippen LogP) is 0.732. The molecule has 0 bridgehead atoms. The van der Waals surface area contributed by atoms with Crippen molar-refractivity contribution in [3.8, 4) is 11.5 Å². The fourth-order valence-corrected chi connectivity index (χ4v) is 2.17. The van der Waals surface area contributed by atoms with Gasteiger partial charge in [0.1, 0.15) is 11.5 Å². The van der Waals surface area contributed by atoms with Crippen molar-refractivity contribution in [2.24, 2.45) is 0 Å². The van der Waals surface area contributed by atoms with Crippen molar-refractivity contribution in [2.75, 3.05) is 24.5 Å². The van der Waals surface area contributed by atoms with E-state index in [0.717, 1.165) is 25.5 Å². The van der Waals surface area contributed by atoms with Gasteiger partial charge < -0.3 is 10.2 Å². The Morgan fingerprint density at radius 1 is 1.16 bits per heavy atom. The minimum absolute atomic E-state index is 0.479. The largest absolute Gasteiger partial charge is 0.353 e. The highest BCUT2D eigenvalue weighted by molar-refractivity contribution is 5.49. The lowest BCUT2D eigenvalue weighted by Gasteiger charge is -2.32. The van der Waals surface area contributed by atoms with E-state index >= 15 is 0 Å². The van der Waals surface area contributed by atoms with Crippen molar-refractivity contribution in [3.63, 3.8) is 0 Å². The highest BCUT2D eigenvalue weighted by Crippen LogP contribution is 2.15. The first-order chi connectivity index (χ1) is 9.33. The molecule has 0 aliphatic carbocycles. The van der Waals surface area contributed by atoms with E-state index in [-0.39, 0.29) is 0 Å². The number of piperazine rings is 1. The summed E-state index contributed by atoms with van der Waals surface area (Å²) in [6.45, 7) is 5.06. The molecule has 1 saturated heterocycles. The fraction of sp³-hybridized carbons (Fsp3) is 0.385. The van der Waals surface area contributed by atoms with Gasteiger partial charge in [-0.2, -0.15) is 0 Å². The van der Waals surface area contributed by atoms with Gasteiger partial charge in [-0.25, -0.2) is 19.9 Å². The third kappa shape index (κ3) is 2.68. The predicted molar refractivity (Wildman–Crippen MR) is 72.7 cm³/mol. The Kier molecular flexibility index (Phi) is 3.33. The van der Waals surface area contributed by atoms with Gasteiger partial charge in [0.05, 0.1) is 12.4 Å². The molecule has 6 nitrogen and oxygen atoms in total. The molecule has 1 aliphatic rings. The van der Waals surface area contributed by atoms with Crippen LogP contribution in [-0.2, 0) is 0 Å². The number of nitrogens with zero attached hydrogens (tertiary/aromatic N) is 5. The van der Waals surface area contributed by atoms with Crippen LogP contribution < -0.4 is 10.2 Å². The first-order valence-electron chi connectivity index (χ1n) is 6.41. The van der Waals surface area contributed by atoms with Gasteiger partial charge in [-0.3, -0.25) is 0 Å². The maximum absolute atomic E-state index is 4.47. The molecule has 1 N–H and O–H groups in total. The van der Waals surface area contributed by atoms with E-state index in [2.05, 4.69) is 37.1 Å². The number of rotatable bonds is 2. The summed E-state index contributed by atoms with van der Waals surface area (Å²) in [6.07, 6.45) is 6.94. The highest BCUT2D eigenvalue weighted by Gasteiger charge is 2.17. The third-order valence-corrected chi connectivity index (χ3v) is 3.13. The number of anilines is 1. The van der Waals surface area contributed by atoms with Gasteiger partial charge in [0, 0.05) is 38.1 Å². The SMILES string of the molecule is C[C@@H]1CN(c2cnc(-c3ncccn3)cn2)CCN1. The van der Waals surface area contributed by atoms with Crippen LogP contribution in [0.3, 0.4) is 0 Å². The Morgan fingerprint density at radius 2 is 2.00 bits per heavy atom. The van der Waals surface area contributed by atoms with Crippen molar-refractivity contribution in [2.45, 2.75) is 13.0 Å². The van der Waals surface area contributed by atoms with Crippen molar-refractivity contribution >= 4 is 5.82 Å². The zero-order valence-corrected chi connectivity index (χ0v) is 10.8. The molecule has 1 aliphatic heterocycles. The molecule has 0 amide bonds. The molecule has 0 spiro atoms. The normalized spacial score (nSPS) is 19.4. The fourth-order valence-electron chi connectivity index (χ4n) is 2.17. The van der Waals surface area contributed by atoms with Gasteiger partial charge in [-0.1, -0.05) is 0 Å². The van der Waals surface area contributed by atoms with E-state index in [1.165, 1.54) is 0 Å². The molecule has 1 atom stereocenters. The first-order valence-corrected chi connectivity index (χ1v) is 6.41. The Hall–Kier alpha value is -2.08. The second-order valence-electron chi connectivity index (χ2n) is 4.63. The molecule has 2 aromatic heterocycles. The Balaban J connectivity index is 1.79. The Labute approximate surface area is 111 Å². The van der Waals surface area contributed by atoms with Crippen molar-refractivity contribution in [1.82, 2.24) is 25.3 Å². The van der Waals surface area contributed by atoms with Gasteiger partial charge in [0.25, 0.3) is 0 Å². The number of hydrogen-bond donors (Lipinski definition) is 1. The molecule has 19 heavy (non-hydrogen) atoms. The summed E-state index contributed by atoms with van der Waals surface area (Å²) < 4.78 is 0. The lowest BCUT2D eigenvalue weighted by molar-refractivity contribution is 0.482. The molecule has 0 aromatic carbocycles. The summed E-state index contributed by atoms with van der Waals surface area (Å²) in [7, 11) is 0. The zero-order chi connectivity index (χ0) is 13.1. The van der Waals surface area contributed by atoms with Crippen LogP contribution in [0.25, 0.3) is 11.5 Å². The second-order valence-corrected chi connectivity index (χ2v) is 4.63. The van der Waals surface area contributed by atoms with Crippen LogP contribution in [0, 0.1) is 0 Å². The molecule has 0 unspecified atom stereocenters. The van der Waals surface area contributed by atoms with E-state index in [1.54, 1.807) is 30.9 Å². The second kappa shape index (κ2) is 5.27. The summed E-state index contributed by atoms with van der Waals surface area (Å²) in [4.78, 5) is 19.4. The van der Waals surface area contributed by atoms with E-state index in [1.807, 2.05) is 0 Å². The summed E-state index contributed by atoms with van der Waals surface area (Å²) in [5.41, 5.74) is 0.701.